The van der Waals surface area contributed by atoms with Gasteiger partial charge in [0.25, 0.3) is 0 Å². The second kappa shape index (κ2) is 3.73. The molecule has 84 valence electrons. The van der Waals surface area contributed by atoms with Crippen LogP contribution >= 0.6 is 0 Å². The van der Waals surface area contributed by atoms with Crippen LogP contribution in [0.2, 0.25) is 0 Å². The number of fused-ring (bicyclic) bond motifs is 1. The summed E-state index contributed by atoms with van der Waals surface area (Å²) in [5, 5.41) is 0.969. The fourth-order valence-electron chi connectivity index (χ4n) is 2.23. The third-order valence-corrected chi connectivity index (χ3v) is 3.00. The summed E-state index contributed by atoms with van der Waals surface area (Å²) in [7, 11) is 0. The number of nitrogens with zero attached hydrogens (tertiary/aromatic N) is 3. The molecule has 0 bridgehead atoms. The summed E-state index contributed by atoms with van der Waals surface area (Å²) >= 11 is 0. The van der Waals surface area contributed by atoms with E-state index in [1.54, 1.807) is 0 Å². The maximum absolute atomic E-state index is 13.4. The molecule has 3 rings (SSSR count). The summed E-state index contributed by atoms with van der Waals surface area (Å²) in [5.74, 6) is 0.841. The van der Waals surface area contributed by atoms with Crippen LogP contribution in [-0.4, -0.2) is 34.2 Å². The standard InChI is InChI=1S/C11H13FN4/c12-8-2-1-5-16(6-8)11-9-3-4-13-10(9)14-7-15-11/h3-4,7-8H,1-2,5-6H2,(H,13,14,15). The molecule has 2 aromatic rings. The van der Waals surface area contributed by atoms with Gasteiger partial charge in [0.2, 0.25) is 0 Å². The molecule has 0 spiro atoms. The minimum atomic E-state index is -0.738. The highest BCUT2D eigenvalue weighted by Gasteiger charge is 2.21. The maximum Gasteiger partial charge on any atom is 0.142 e. The highest BCUT2D eigenvalue weighted by atomic mass is 19.1. The van der Waals surface area contributed by atoms with Gasteiger partial charge in [-0.1, -0.05) is 0 Å². The summed E-state index contributed by atoms with van der Waals surface area (Å²) in [6, 6.07) is 1.94. The lowest BCUT2D eigenvalue weighted by Crippen LogP contribution is -2.37. The van der Waals surface area contributed by atoms with Crippen molar-refractivity contribution < 1.29 is 4.39 Å². The predicted octanol–water partition coefficient (Wildman–Crippen LogP) is 1.90. The lowest BCUT2D eigenvalue weighted by atomic mass is 10.1. The van der Waals surface area contributed by atoms with Gasteiger partial charge in [0.05, 0.1) is 11.9 Å². The zero-order valence-corrected chi connectivity index (χ0v) is 8.86. The molecule has 2 aromatic heterocycles. The second-order valence-electron chi connectivity index (χ2n) is 4.12. The number of nitrogens with one attached hydrogen (secondary N) is 1. The monoisotopic (exact) mass is 220 g/mol. The van der Waals surface area contributed by atoms with Gasteiger partial charge in [0.15, 0.2) is 0 Å². The van der Waals surface area contributed by atoms with Crippen LogP contribution in [0.3, 0.4) is 0 Å². The first-order valence-electron chi connectivity index (χ1n) is 5.52. The van der Waals surface area contributed by atoms with Gasteiger partial charge in [-0.15, -0.1) is 0 Å². The van der Waals surface area contributed by atoms with Crippen LogP contribution in [0.1, 0.15) is 12.8 Å². The summed E-state index contributed by atoms with van der Waals surface area (Å²) in [5.41, 5.74) is 0.811. The Balaban J connectivity index is 2.01. The number of aromatic amines is 1. The van der Waals surface area contributed by atoms with Gasteiger partial charge in [-0.05, 0) is 18.9 Å². The normalized spacial score (nSPS) is 21.6. The number of aromatic nitrogens is 3. The van der Waals surface area contributed by atoms with Crippen molar-refractivity contribution in [3.8, 4) is 0 Å². The van der Waals surface area contributed by atoms with Crippen LogP contribution in [-0.2, 0) is 0 Å². The Morgan fingerprint density at radius 3 is 3.25 bits per heavy atom. The smallest absolute Gasteiger partial charge is 0.142 e. The van der Waals surface area contributed by atoms with E-state index in [4.69, 9.17) is 0 Å². The Kier molecular flexibility index (Phi) is 2.23. The number of halogens is 1. The van der Waals surface area contributed by atoms with Crippen LogP contribution in [0.5, 0.6) is 0 Å². The largest absolute Gasteiger partial charge is 0.353 e. The van der Waals surface area contributed by atoms with Gasteiger partial charge in [-0.2, -0.15) is 0 Å². The number of alkyl halides is 1. The van der Waals surface area contributed by atoms with Crippen molar-refractivity contribution in [1.82, 2.24) is 15.0 Å². The van der Waals surface area contributed by atoms with Gasteiger partial charge in [0, 0.05) is 12.7 Å². The SMILES string of the molecule is FC1CCCN(c2ncnc3[nH]ccc23)C1. The van der Waals surface area contributed by atoms with Gasteiger partial charge < -0.3 is 9.88 Å². The highest BCUT2D eigenvalue weighted by molar-refractivity contribution is 5.87. The molecule has 1 atom stereocenters. The lowest BCUT2D eigenvalue weighted by Gasteiger charge is -2.30. The molecule has 5 heteroatoms. The average molecular weight is 220 g/mol. The quantitative estimate of drug-likeness (QED) is 0.798. The van der Waals surface area contributed by atoms with E-state index in [-0.39, 0.29) is 0 Å². The van der Waals surface area contributed by atoms with Crippen LogP contribution in [0, 0.1) is 0 Å². The number of piperidine rings is 1. The first-order valence-corrected chi connectivity index (χ1v) is 5.52. The van der Waals surface area contributed by atoms with Crippen molar-refractivity contribution in [1.29, 1.82) is 0 Å². The second-order valence-corrected chi connectivity index (χ2v) is 4.12. The van der Waals surface area contributed by atoms with Crippen molar-refractivity contribution in [2.45, 2.75) is 19.0 Å². The minimum absolute atomic E-state index is 0.442. The number of H-pyrrole nitrogens is 1. The molecule has 0 aliphatic carbocycles. The molecule has 1 saturated heterocycles. The summed E-state index contributed by atoms with van der Waals surface area (Å²) in [6.45, 7) is 1.31. The Hall–Kier alpha value is -1.65. The third-order valence-electron chi connectivity index (χ3n) is 3.00. The van der Waals surface area contributed by atoms with E-state index in [1.165, 1.54) is 6.33 Å². The fraction of sp³-hybridized carbons (Fsp3) is 0.455. The molecule has 0 aromatic carbocycles. The Labute approximate surface area is 92.5 Å². The predicted molar refractivity (Wildman–Crippen MR) is 60.2 cm³/mol. The fourth-order valence-corrected chi connectivity index (χ4v) is 2.23. The van der Waals surface area contributed by atoms with E-state index in [0.717, 1.165) is 29.8 Å². The van der Waals surface area contributed by atoms with Crippen LogP contribution in [0.15, 0.2) is 18.6 Å². The van der Waals surface area contributed by atoms with E-state index in [1.807, 2.05) is 17.2 Å². The van der Waals surface area contributed by atoms with E-state index in [0.29, 0.717) is 13.0 Å². The molecule has 1 N–H and O–H groups in total. The molecule has 3 heterocycles. The molecule has 0 saturated carbocycles. The Morgan fingerprint density at radius 1 is 1.44 bits per heavy atom. The average Bonchev–Trinajstić information content (AvgIpc) is 2.76. The number of rotatable bonds is 1. The minimum Gasteiger partial charge on any atom is -0.353 e. The molecule has 1 fully saturated rings. The maximum atomic E-state index is 13.4. The van der Waals surface area contributed by atoms with Crippen molar-refractivity contribution >= 4 is 16.9 Å². The topological polar surface area (TPSA) is 44.8 Å². The Bertz CT molecular complexity index is 495. The molecular weight excluding hydrogens is 207 g/mol. The molecule has 1 aliphatic heterocycles. The molecule has 16 heavy (non-hydrogen) atoms. The summed E-state index contributed by atoms with van der Waals surface area (Å²) in [6.07, 6.45) is 4.17. The lowest BCUT2D eigenvalue weighted by molar-refractivity contribution is 0.286. The molecule has 1 aliphatic rings. The molecule has 0 radical (unpaired) electrons. The van der Waals surface area contributed by atoms with Crippen molar-refractivity contribution in [2.75, 3.05) is 18.0 Å². The van der Waals surface area contributed by atoms with E-state index >= 15 is 0 Å². The van der Waals surface area contributed by atoms with Crippen molar-refractivity contribution in [3.05, 3.63) is 18.6 Å². The van der Waals surface area contributed by atoms with Crippen LogP contribution < -0.4 is 4.90 Å². The summed E-state index contributed by atoms with van der Waals surface area (Å²) in [4.78, 5) is 13.4. The van der Waals surface area contributed by atoms with Crippen LogP contribution in [0.4, 0.5) is 10.2 Å². The molecule has 4 nitrogen and oxygen atoms in total. The number of anilines is 1. The first-order chi connectivity index (χ1) is 7.84. The number of hydrogen-bond donors (Lipinski definition) is 1. The zero-order valence-electron chi connectivity index (χ0n) is 8.86. The van der Waals surface area contributed by atoms with Gasteiger partial charge in [0.1, 0.15) is 24.0 Å². The van der Waals surface area contributed by atoms with E-state index < -0.39 is 6.17 Å². The van der Waals surface area contributed by atoms with E-state index in [2.05, 4.69) is 15.0 Å². The molecule has 0 amide bonds. The third kappa shape index (κ3) is 1.52. The van der Waals surface area contributed by atoms with Crippen molar-refractivity contribution in [2.24, 2.45) is 0 Å². The first kappa shape index (κ1) is 9.57. The van der Waals surface area contributed by atoms with E-state index in [9.17, 15) is 4.39 Å². The molecule has 1 unspecified atom stereocenters. The van der Waals surface area contributed by atoms with Gasteiger partial charge in [-0.25, -0.2) is 14.4 Å². The summed E-state index contributed by atoms with van der Waals surface area (Å²) < 4.78 is 13.4. The number of hydrogen-bond acceptors (Lipinski definition) is 3. The van der Waals surface area contributed by atoms with Gasteiger partial charge in [-0.3, -0.25) is 0 Å². The Morgan fingerprint density at radius 2 is 2.38 bits per heavy atom. The highest BCUT2D eigenvalue weighted by Crippen LogP contribution is 2.25. The van der Waals surface area contributed by atoms with Crippen LogP contribution in [0.25, 0.3) is 11.0 Å². The molecular formula is C11H13FN4. The van der Waals surface area contributed by atoms with Gasteiger partial charge >= 0.3 is 0 Å². The zero-order chi connectivity index (χ0) is 11.0. The van der Waals surface area contributed by atoms with Crippen molar-refractivity contribution in [3.63, 3.8) is 0 Å².